The second-order valence-corrected chi connectivity index (χ2v) is 37.9. The van der Waals surface area contributed by atoms with Crippen LogP contribution in [0.1, 0.15) is 149 Å². The minimum atomic E-state index is -2.64. The van der Waals surface area contributed by atoms with Crippen LogP contribution in [0.25, 0.3) is 0 Å². The maximum atomic E-state index is 7.78. The van der Waals surface area contributed by atoms with E-state index in [1.165, 1.54) is 35.2 Å². The van der Waals surface area contributed by atoms with E-state index in [2.05, 4.69) is 209 Å². The Kier molecular flexibility index (Phi) is 15.8. The van der Waals surface area contributed by atoms with E-state index in [9.17, 15) is 0 Å². The molecule has 2 aliphatic rings. The SMILES string of the molecule is CC(C)C(CCC(C)C1(C)CCC(/C=C/C=C2CC(O[Si](C)(C)C(C)(C)C)CC(O[Si](C)(C)C(C)(C)C)C2)C1(C)C)O[Si](c1ccccc1)(c1ccccc1)C(C)(C)C. The van der Waals surface area contributed by atoms with Gasteiger partial charge in [-0.05, 0) is 125 Å². The monoisotopic (exact) mass is 859 g/mol. The predicted octanol–water partition coefficient (Wildman–Crippen LogP) is 14.9. The van der Waals surface area contributed by atoms with Gasteiger partial charge in [-0.3, -0.25) is 0 Å². The van der Waals surface area contributed by atoms with Crippen molar-refractivity contribution in [1.29, 1.82) is 0 Å². The molecule has 0 amide bonds. The minimum Gasteiger partial charge on any atom is -0.414 e. The van der Waals surface area contributed by atoms with E-state index in [1.807, 2.05) is 0 Å². The Bertz CT molecular complexity index is 1610. The first-order chi connectivity index (χ1) is 27.0. The molecule has 2 aromatic carbocycles. The lowest BCUT2D eigenvalue weighted by molar-refractivity contribution is 0.0298. The first kappa shape index (κ1) is 50.1. The molecule has 0 aliphatic heterocycles. The molecule has 0 spiro atoms. The first-order valence-corrected chi connectivity index (χ1v) is 31.2. The number of benzene rings is 2. The van der Waals surface area contributed by atoms with E-state index in [4.69, 9.17) is 13.3 Å². The quantitative estimate of drug-likeness (QED) is 0.167. The average Bonchev–Trinajstić information content (AvgIpc) is 3.34. The number of hydrogen-bond acceptors (Lipinski definition) is 3. The molecule has 2 aromatic rings. The molecular formula is C53H90O3Si3. The van der Waals surface area contributed by atoms with Gasteiger partial charge in [-0.1, -0.05) is 188 Å². The van der Waals surface area contributed by atoms with Gasteiger partial charge in [0.2, 0.25) is 0 Å². The van der Waals surface area contributed by atoms with Gasteiger partial charge < -0.3 is 13.3 Å². The summed E-state index contributed by atoms with van der Waals surface area (Å²) in [6.45, 7) is 46.0. The van der Waals surface area contributed by atoms with Crippen LogP contribution >= 0.6 is 0 Å². The third kappa shape index (κ3) is 11.2. The van der Waals surface area contributed by atoms with Crippen molar-refractivity contribution < 1.29 is 13.3 Å². The zero-order valence-electron chi connectivity index (χ0n) is 41.6. The molecule has 0 N–H and O–H groups in total. The second kappa shape index (κ2) is 18.7. The van der Waals surface area contributed by atoms with Gasteiger partial charge in [0.15, 0.2) is 16.6 Å². The van der Waals surface area contributed by atoms with Crippen LogP contribution < -0.4 is 10.4 Å². The molecule has 2 aliphatic carbocycles. The largest absolute Gasteiger partial charge is 0.414 e. The summed E-state index contributed by atoms with van der Waals surface area (Å²) in [4.78, 5) is 0. The van der Waals surface area contributed by atoms with E-state index in [0.29, 0.717) is 17.8 Å². The van der Waals surface area contributed by atoms with Gasteiger partial charge >= 0.3 is 0 Å². The number of hydrogen-bond donors (Lipinski definition) is 0. The van der Waals surface area contributed by atoms with Gasteiger partial charge in [0.25, 0.3) is 8.32 Å². The summed E-state index contributed by atoms with van der Waals surface area (Å²) in [7, 11) is -6.47. The highest BCUT2D eigenvalue weighted by molar-refractivity contribution is 6.99. The molecule has 6 atom stereocenters. The highest BCUT2D eigenvalue weighted by atomic mass is 28.4. The summed E-state index contributed by atoms with van der Waals surface area (Å²) in [5, 5.41) is 3.09. The molecule has 6 heteroatoms. The van der Waals surface area contributed by atoms with Gasteiger partial charge in [0.05, 0.1) is 12.2 Å². The lowest BCUT2D eigenvalue weighted by Gasteiger charge is -2.48. The zero-order chi connectivity index (χ0) is 44.5. The molecule has 0 radical (unpaired) electrons. The van der Waals surface area contributed by atoms with Crippen LogP contribution in [0.15, 0.2) is 84.5 Å². The van der Waals surface area contributed by atoms with Gasteiger partial charge in [-0.2, -0.15) is 0 Å². The molecule has 0 heterocycles. The molecule has 3 nitrogen and oxygen atoms in total. The molecule has 6 unspecified atom stereocenters. The average molecular weight is 860 g/mol. The van der Waals surface area contributed by atoms with Crippen molar-refractivity contribution in [2.75, 3.05) is 0 Å². The van der Waals surface area contributed by atoms with Crippen LogP contribution in [0.2, 0.25) is 41.3 Å². The van der Waals surface area contributed by atoms with Gasteiger partial charge in [0, 0.05) is 6.10 Å². The van der Waals surface area contributed by atoms with Crippen LogP contribution in [0, 0.1) is 28.6 Å². The van der Waals surface area contributed by atoms with Crippen molar-refractivity contribution >= 4 is 35.3 Å². The first-order valence-electron chi connectivity index (χ1n) is 23.5. The van der Waals surface area contributed by atoms with Crippen molar-refractivity contribution in [3.05, 3.63) is 84.5 Å². The summed E-state index contributed by atoms with van der Waals surface area (Å²) >= 11 is 0. The lowest BCUT2D eigenvalue weighted by atomic mass is 9.59. The third-order valence-electron chi connectivity index (χ3n) is 16.5. The van der Waals surface area contributed by atoms with Crippen LogP contribution in [0.5, 0.6) is 0 Å². The van der Waals surface area contributed by atoms with Crippen molar-refractivity contribution in [3.8, 4) is 0 Å². The molecule has 2 fully saturated rings. The third-order valence-corrected chi connectivity index (χ3v) is 30.7. The summed E-state index contributed by atoms with van der Waals surface area (Å²) in [6.07, 6.45) is 15.9. The molecular weight excluding hydrogens is 769 g/mol. The topological polar surface area (TPSA) is 27.7 Å². The van der Waals surface area contributed by atoms with Gasteiger partial charge in [-0.15, -0.1) is 0 Å². The Morgan fingerprint density at radius 3 is 1.54 bits per heavy atom. The molecule has 0 bridgehead atoms. The summed E-state index contributed by atoms with van der Waals surface area (Å²) in [6, 6.07) is 22.4. The van der Waals surface area contributed by atoms with E-state index in [1.54, 1.807) is 0 Å². The number of allylic oxidation sites excluding steroid dienone is 3. The normalized spacial score (nSPS) is 24.8. The molecule has 4 rings (SSSR count). The minimum absolute atomic E-state index is 0.0300. The van der Waals surface area contributed by atoms with Gasteiger partial charge in [0.1, 0.15) is 0 Å². The molecule has 332 valence electrons. The molecule has 59 heavy (non-hydrogen) atoms. The second-order valence-electron chi connectivity index (χ2n) is 24.2. The Morgan fingerprint density at radius 2 is 1.14 bits per heavy atom. The van der Waals surface area contributed by atoms with E-state index >= 15 is 0 Å². The van der Waals surface area contributed by atoms with Crippen LogP contribution in [0.4, 0.5) is 0 Å². The van der Waals surface area contributed by atoms with Crippen molar-refractivity contribution in [3.63, 3.8) is 0 Å². The maximum Gasteiger partial charge on any atom is 0.261 e. The van der Waals surface area contributed by atoms with Crippen molar-refractivity contribution in [1.82, 2.24) is 0 Å². The van der Waals surface area contributed by atoms with Crippen LogP contribution in [0.3, 0.4) is 0 Å². The smallest absolute Gasteiger partial charge is 0.261 e. The van der Waals surface area contributed by atoms with Gasteiger partial charge in [-0.25, -0.2) is 0 Å². The fourth-order valence-electron chi connectivity index (χ4n) is 9.92. The van der Waals surface area contributed by atoms with Crippen molar-refractivity contribution in [2.45, 2.75) is 208 Å². The Hall–Kier alpha value is -1.55. The molecule has 2 saturated carbocycles. The Labute approximate surface area is 368 Å². The standard InChI is InChI=1S/C53H90O3Si3/c1-40(2)48(56-59(51(10,11)12,46-29-22-20-23-30-46)47-31-24-21-25-32-47)34-33-41(3)53(15)36-35-43(52(53,13)14)28-26-27-42-37-44(54-57(16,17)49(4,5)6)39-45(38-42)55-58(18,19)50(7,8)9/h20-32,40-41,43-45,48H,33-39H2,1-19H3/b28-26+,42-27?. The van der Waals surface area contributed by atoms with Crippen LogP contribution in [-0.4, -0.2) is 43.3 Å². The van der Waals surface area contributed by atoms with E-state index in [0.717, 1.165) is 25.7 Å². The summed E-state index contributed by atoms with van der Waals surface area (Å²) < 4.78 is 22.0. The summed E-state index contributed by atoms with van der Waals surface area (Å²) in [5.74, 6) is 1.55. The Morgan fingerprint density at radius 1 is 0.678 bits per heavy atom. The fourth-order valence-corrected chi connectivity index (χ4v) is 17.5. The summed E-state index contributed by atoms with van der Waals surface area (Å²) in [5.41, 5.74) is 1.91. The fraction of sp³-hybridized carbons (Fsp3) is 0.698. The van der Waals surface area contributed by atoms with E-state index < -0.39 is 25.0 Å². The number of rotatable bonds is 15. The maximum absolute atomic E-state index is 7.78. The highest BCUT2D eigenvalue weighted by Gasteiger charge is 2.54. The molecule has 0 aromatic heterocycles. The van der Waals surface area contributed by atoms with Crippen LogP contribution in [-0.2, 0) is 13.3 Å². The highest BCUT2D eigenvalue weighted by Crippen LogP contribution is 2.61. The lowest BCUT2D eigenvalue weighted by Crippen LogP contribution is -2.68. The molecule has 0 saturated heterocycles. The van der Waals surface area contributed by atoms with E-state index in [-0.39, 0.29) is 44.3 Å². The predicted molar refractivity (Wildman–Crippen MR) is 266 cm³/mol. The van der Waals surface area contributed by atoms with Crippen molar-refractivity contribution in [2.24, 2.45) is 28.6 Å². The Balaban J connectivity index is 1.53. The zero-order valence-corrected chi connectivity index (χ0v) is 44.6.